The van der Waals surface area contributed by atoms with Crippen LogP contribution in [0.2, 0.25) is 0 Å². The summed E-state index contributed by atoms with van der Waals surface area (Å²) < 4.78 is 19.2. The molecule has 1 rings (SSSR count). The largest absolute Gasteiger partial charge is 0.493 e. The summed E-state index contributed by atoms with van der Waals surface area (Å²) in [6.07, 6.45) is 1.54. The SMILES string of the molecule is CC(C)NCc1cc(F)cc(OCCCC(C)(C)C#N)c1. The van der Waals surface area contributed by atoms with E-state index < -0.39 is 0 Å². The minimum Gasteiger partial charge on any atom is -0.493 e. The molecule has 3 nitrogen and oxygen atoms in total. The molecule has 0 spiro atoms. The van der Waals surface area contributed by atoms with Crippen LogP contribution in [0.1, 0.15) is 46.1 Å². The Kier molecular flexibility index (Phi) is 6.64. The van der Waals surface area contributed by atoms with Crippen molar-refractivity contribution < 1.29 is 9.13 Å². The molecule has 1 N–H and O–H groups in total. The van der Waals surface area contributed by atoms with Crippen LogP contribution >= 0.6 is 0 Å². The van der Waals surface area contributed by atoms with Crippen molar-refractivity contribution in [3.05, 3.63) is 29.6 Å². The molecule has 21 heavy (non-hydrogen) atoms. The van der Waals surface area contributed by atoms with Crippen LogP contribution in [0.5, 0.6) is 5.75 Å². The molecule has 1 aromatic rings. The first-order valence-corrected chi connectivity index (χ1v) is 7.39. The highest BCUT2D eigenvalue weighted by atomic mass is 19.1. The number of benzene rings is 1. The fourth-order valence-electron chi connectivity index (χ4n) is 1.89. The molecular formula is C17H25FN2O. The van der Waals surface area contributed by atoms with E-state index in [1.54, 1.807) is 0 Å². The molecule has 0 unspecified atom stereocenters. The molecule has 4 heteroatoms. The number of nitrogens with one attached hydrogen (secondary N) is 1. The summed E-state index contributed by atoms with van der Waals surface area (Å²) in [5.41, 5.74) is 0.536. The normalized spacial score (nSPS) is 11.5. The molecule has 1 aromatic carbocycles. The van der Waals surface area contributed by atoms with Gasteiger partial charge >= 0.3 is 0 Å². The van der Waals surface area contributed by atoms with Crippen molar-refractivity contribution in [1.29, 1.82) is 5.26 Å². The molecule has 0 aliphatic carbocycles. The zero-order chi connectivity index (χ0) is 15.9. The van der Waals surface area contributed by atoms with Gasteiger partial charge in [-0.25, -0.2) is 4.39 Å². The van der Waals surface area contributed by atoms with Crippen molar-refractivity contribution in [2.75, 3.05) is 6.61 Å². The third-order valence-corrected chi connectivity index (χ3v) is 3.16. The first kappa shape index (κ1) is 17.5. The minimum absolute atomic E-state index is 0.287. The Morgan fingerprint density at radius 2 is 2.05 bits per heavy atom. The first-order valence-electron chi connectivity index (χ1n) is 7.39. The van der Waals surface area contributed by atoms with Crippen LogP contribution < -0.4 is 10.1 Å². The lowest BCUT2D eigenvalue weighted by Gasteiger charge is -2.15. The smallest absolute Gasteiger partial charge is 0.127 e. The van der Waals surface area contributed by atoms with Gasteiger partial charge in [0.05, 0.1) is 18.1 Å². The van der Waals surface area contributed by atoms with Gasteiger partial charge in [0.2, 0.25) is 0 Å². The van der Waals surface area contributed by atoms with Crippen molar-refractivity contribution in [3.8, 4) is 11.8 Å². The molecule has 0 amide bonds. The Morgan fingerprint density at radius 3 is 2.67 bits per heavy atom. The number of nitriles is 1. The summed E-state index contributed by atoms with van der Waals surface area (Å²) in [6, 6.07) is 7.38. The summed E-state index contributed by atoms with van der Waals surface area (Å²) in [7, 11) is 0. The van der Waals surface area contributed by atoms with E-state index in [1.807, 2.05) is 33.8 Å². The average molecular weight is 292 g/mol. The summed E-state index contributed by atoms with van der Waals surface area (Å²) in [5, 5.41) is 12.2. The molecule has 116 valence electrons. The highest BCUT2D eigenvalue weighted by Crippen LogP contribution is 2.22. The standard InChI is InChI=1S/C17H25FN2O/c1-13(2)20-11-14-8-15(18)10-16(9-14)21-7-5-6-17(3,4)12-19/h8-10,13,20H,5-7,11H2,1-4H3. The maximum atomic E-state index is 13.6. The van der Waals surface area contributed by atoms with Crippen LogP contribution in [-0.4, -0.2) is 12.6 Å². The van der Waals surface area contributed by atoms with Gasteiger partial charge in [-0.3, -0.25) is 0 Å². The molecule has 0 saturated heterocycles. The van der Waals surface area contributed by atoms with Gasteiger partial charge in [0.15, 0.2) is 0 Å². The Hall–Kier alpha value is -1.60. The predicted molar refractivity (Wildman–Crippen MR) is 82.5 cm³/mol. The third-order valence-electron chi connectivity index (χ3n) is 3.16. The van der Waals surface area contributed by atoms with Gasteiger partial charge in [-0.2, -0.15) is 5.26 Å². The van der Waals surface area contributed by atoms with Crippen LogP contribution in [0, 0.1) is 22.6 Å². The molecule has 0 aliphatic heterocycles. The average Bonchev–Trinajstić information content (AvgIpc) is 2.41. The Bertz CT molecular complexity index is 492. The van der Waals surface area contributed by atoms with Crippen molar-refractivity contribution >= 4 is 0 Å². The Balaban J connectivity index is 2.50. The van der Waals surface area contributed by atoms with E-state index in [0.29, 0.717) is 24.9 Å². The molecule has 0 radical (unpaired) electrons. The molecule has 0 fully saturated rings. The summed E-state index contributed by atoms with van der Waals surface area (Å²) in [5.74, 6) is 0.260. The molecular weight excluding hydrogens is 267 g/mol. The number of ether oxygens (including phenoxy) is 1. The lowest BCUT2D eigenvalue weighted by molar-refractivity contribution is 0.283. The zero-order valence-electron chi connectivity index (χ0n) is 13.4. The Labute approximate surface area is 127 Å². The second kappa shape index (κ2) is 7.99. The fraction of sp³-hybridized carbons (Fsp3) is 0.588. The molecule has 0 aromatic heterocycles. The van der Waals surface area contributed by atoms with Gasteiger partial charge in [-0.15, -0.1) is 0 Å². The third kappa shape index (κ3) is 7.10. The number of rotatable bonds is 8. The monoisotopic (exact) mass is 292 g/mol. The summed E-state index contributed by atoms with van der Waals surface area (Å²) in [4.78, 5) is 0. The van der Waals surface area contributed by atoms with E-state index in [2.05, 4.69) is 11.4 Å². The maximum absolute atomic E-state index is 13.6. The second-order valence-electron chi connectivity index (χ2n) is 6.28. The minimum atomic E-state index is -0.336. The highest BCUT2D eigenvalue weighted by molar-refractivity contribution is 5.29. The van der Waals surface area contributed by atoms with E-state index in [4.69, 9.17) is 10.00 Å². The second-order valence-corrected chi connectivity index (χ2v) is 6.28. The van der Waals surface area contributed by atoms with Crippen LogP contribution in [0.15, 0.2) is 18.2 Å². The summed E-state index contributed by atoms with van der Waals surface area (Å²) in [6.45, 7) is 9.02. The van der Waals surface area contributed by atoms with Crippen molar-refractivity contribution in [3.63, 3.8) is 0 Å². The van der Waals surface area contributed by atoms with E-state index >= 15 is 0 Å². The van der Waals surface area contributed by atoms with Crippen molar-refractivity contribution in [2.45, 2.75) is 53.1 Å². The topological polar surface area (TPSA) is 45.0 Å². The zero-order valence-corrected chi connectivity index (χ0v) is 13.4. The van der Waals surface area contributed by atoms with Gasteiger partial charge in [-0.1, -0.05) is 13.8 Å². The lowest BCUT2D eigenvalue weighted by atomic mass is 9.90. The fourth-order valence-corrected chi connectivity index (χ4v) is 1.89. The maximum Gasteiger partial charge on any atom is 0.127 e. The molecule has 0 aliphatic rings. The molecule has 0 atom stereocenters. The van der Waals surface area contributed by atoms with Crippen LogP contribution in [0.25, 0.3) is 0 Å². The quantitative estimate of drug-likeness (QED) is 0.736. The van der Waals surface area contributed by atoms with Gasteiger partial charge in [0.1, 0.15) is 11.6 Å². The van der Waals surface area contributed by atoms with E-state index in [0.717, 1.165) is 18.4 Å². The summed E-state index contributed by atoms with van der Waals surface area (Å²) >= 11 is 0. The van der Waals surface area contributed by atoms with Gasteiger partial charge in [-0.05, 0) is 44.4 Å². The molecule has 0 saturated carbocycles. The van der Waals surface area contributed by atoms with Crippen molar-refractivity contribution in [2.24, 2.45) is 5.41 Å². The Morgan fingerprint density at radius 1 is 1.33 bits per heavy atom. The van der Waals surface area contributed by atoms with Crippen LogP contribution in [-0.2, 0) is 6.54 Å². The predicted octanol–water partition coefficient (Wildman–Crippen LogP) is 4.03. The number of halogens is 1. The highest BCUT2D eigenvalue weighted by Gasteiger charge is 2.15. The number of hydrogen-bond donors (Lipinski definition) is 1. The first-order chi connectivity index (χ1) is 9.82. The van der Waals surface area contributed by atoms with E-state index in [-0.39, 0.29) is 11.2 Å². The van der Waals surface area contributed by atoms with E-state index in [9.17, 15) is 4.39 Å². The number of hydrogen-bond acceptors (Lipinski definition) is 3. The van der Waals surface area contributed by atoms with Crippen molar-refractivity contribution in [1.82, 2.24) is 5.32 Å². The lowest BCUT2D eigenvalue weighted by Crippen LogP contribution is -2.21. The molecule has 0 heterocycles. The number of nitrogens with zero attached hydrogens (tertiary/aromatic N) is 1. The van der Waals surface area contributed by atoms with Gasteiger partial charge < -0.3 is 10.1 Å². The molecule has 0 bridgehead atoms. The van der Waals surface area contributed by atoms with Crippen LogP contribution in [0.3, 0.4) is 0 Å². The van der Waals surface area contributed by atoms with Crippen LogP contribution in [0.4, 0.5) is 4.39 Å². The van der Waals surface area contributed by atoms with Gasteiger partial charge in [0.25, 0.3) is 0 Å². The van der Waals surface area contributed by atoms with Gasteiger partial charge in [0, 0.05) is 18.7 Å². The van der Waals surface area contributed by atoms with E-state index in [1.165, 1.54) is 12.1 Å².